The average molecular weight is 233 g/mol. The minimum Gasteiger partial charge on any atom is -0.497 e. The average Bonchev–Trinajstić information content (AvgIpc) is 2.78. The zero-order valence-corrected chi connectivity index (χ0v) is 9.67. The summed E-state index contributed by atoms with van der Waals surface area (Å²) in [6.45, 7) is 1.25. The molecule has 90 valence electrons. The highest BCUT2D eigenvalue weighted by atomic mass is 16.5. The molecule has 1 aromatic carbocycles. The summed E-state index contributed by atoms with van der Waals surface area (Å²) in [5, 5.41) is 4.12. The number of hydrogen-bond acceptors (Lipinski definition) is 4. The van der Waals surface area contributed by atoms with Gasteiger partial charge in [0.2, 0.25) is 0 Å². The molecule has 0 bridgehead atoms. The largest absolute Gasteiger partial charge is 0.497 e. The van der Waals surface area contributed by atoms with Crippen molar-refractivity contribution in [3.63, 3.8) is 0 Å². The van der Waals surface area contributed by atoms with Crippen molar-refractivity contribution >= 4 is 0 Å². The Morgan fingerprint density at radius 3 is 2.53 bits per heavy atom. The van der Waals surface area contributed by atoms with E-state index in [-0.39, 0.29) is 0 Å². The molecule has 2 rings (SSSR count). The lowest BCUT2D eigenvalue weighted by Crippen LogP contribution is -2.09. The standard InChI is InChI=1S/C12H15N3O2/c1-16-10-2-4-11(5-3-10)17-12-8-14-15(9-12)7-6-13/h2-5,8-9H,6-7,13H2,1H3. The lowest BCUT2D eigenvalue weighted by molar-refractivity contribution is 0.413. The van der Waals surface area contributed by atoms with Crippen molar-refractivity contribution in [3.05, 3.63) is 36.7 Å². The molecule has 17 heavy (non-hydrogen) atoms. The maximum atomic E-state index is 5.63. The van der Waals surface area contributed by atoms with Gasteiger partial charge in [-0.05, 0) is 24.3 Å². The summed E-state index contributed by atoms with van der Waals surface area (Å²) in [4.78, 5) is 0. The Bertz CT molecular complexity index is 465. The van der Waals surface area contributed by atoms with Crippen molar-refractivity contribution < 1.29 is 9.47 Å². The first kappa shape index (κ1) is 11.5. The van der Waals surface area contributed by atoms with Crippen molar-refractivity contribution in [2.75, 3.05) is 13.7 Å². The molecule has 2 aromatic rings. The van der Waals surface area contributed by atoms with Crippen LogP contribution < -0.4 is 15.2 Å². The van der Waals surface area contributed by atoms with Gasteiger partial charge < -0.3 is 15.2 Å². The first-order chi connectivity index (χ1) is 8.31. The van der Waals surface area contributed by atoms with Crippen LogP contribution in [0.1, 0.15) is 0 Å². The normalized spacial score (nSPS) is 10.2. The van der Waals surface area contributed by atoms with Gasteiger partial charge in [-0.15, -0.1) is 0 Å². The minimum absolute atomic E-state index is 0.559. The maximum absolute atomic E-state index is 5.63. The molecule has 0 atom stereocenters. The minimum atomic E-state index is 0.559. The zero-order chi connectivity index (χ0) is 12.1. The number of nitrogens with two attached hydrogens (primary N) is 1. The summed E-state index contributed by atoms with van der Waals surface area (Å²) in [7, 11) is 1.63. The highest BCUT2D eigenvalue weighted by molar-refractivity contribution is 5.33. The van der Waals surface area contributed by atoms with E-state index < -0.39 is 0 Å². The molecule has 0 aliphatic heterocycles. The van der Waals surface area contributed by atoms with E-state index in [2.05, 4.69) is 5.10 Å². The van der Waals surface area contributed by atoms with Crippen LogP contribution in [0.4, 0.5) is 0 Å². The molecule has 0 aliphatic carbocycles. The SMILES string of the molecule is COc1ccc(Oc2cnn(CCN)c2)cc1. The van der Waals surface area contributed by atoms with E-state index in [1.165, 1.54) is 0 Å². The number of benzene rings is 1. The first-order valence-corrected chi connectivity index (χ1v) is 5.36. The molecular weight excluding hydrogens is 218 g/mol. The van der Waals surface area contributed by atoms with Gasteiger partial charge in [-0.1, -0.05) is 0 Å². The van der Waals surface area contributed by atoms with Crippen LogP contribution >= 0.6 is 0 Å². The van der Waals surface area contributed by atoms with Crippen molar-refractivity contribution in [2.45, 2.75) is 6.54 Å². The topological polar surface area (TPSA) is 62.3 Å². The molecule has 2 N–H and O–H groups in total. The van der Waals surface area contributed by atoms with Crippen LogP contribution in [0.5, 0.6) is 17.2 Å². The molecule has 0 aliphatic rings. The number of rotatable bonds is 5. The molecule has 0 saturated heterocycles. The molecule has 0 fully saturated rings. The zero-order valence-electron chi connectivity index (χ0n) is 9.67. The Labute approximate surface area is 99.8 Å². The van der Waals surface area contributed by atoms with Crippen LogP contribution in [0.3, 0.4) is 0 Å². The number of aromatic nitrogens is 2. The van der Waals surface area contributed by atoms with Crippen LogP contribution in [0.15, 0.2) is 36.7 Å². The van der Waals surface area contributed by atoms with E-state index in [4.69, 9.17) is 15.2 Å². The van der Waals surface area contributed by atoms with E-state index >= 15 is 0 Å². The lowest BCUT2D eigenvalue weighted by atomic mass is 10.3. The Morgan fingerprint density at radius 1 is 1.18 bits per heavy atom. The predicted molar refractivity (Wildman–Crippen MR) is 64.3 cm³/mol. The number of hydrogen-bond donors (Lipinski definition) is 1. The molecule has 1 aromatic heterocycles. The van der Waals surface area contributed by atoms with Gasteiger partial charge >= 0.3 is 0 Å². The summed E-state index contributed by atoms with van der Waals surface area (Å²) < 4.78 is 12.4. The van der Waals surface area contributed by atoms with Crippen LogP contribution in [-0.2, 0) is 6.54 Å². The summed E-state index contributed by atoms with van der Waals surface area (Å²) in [5.74, 6) is 2.25. The fraction of sp³-hybridized carbons (Fsp3) is 0.250. The second kappa shape index (κ2) is 5.36. The highest BCUT2D eigenvalue weighted by Gasteiger charge is 2.01. The highest BCUT2D eigenvalue weighted by Crippen LogP contribution is 2.23. The molecule has 0 radical (unpaired) electrons. The Balaban J connectivity index is 2.03. The summed E-state index contributed by atoms with van der Waals surface area (Å²) >= 11 is 0. The Kier molecular flexibility index (Phi) is 3.62. The van der Waals surface area contributed by atoms with Crippen LogP contribution in [0.25, 0.3) is 0 Å². The monoisotopic (exact) mass is 233 g/mol. The summed E-state index contributed by atoms with van der Waals surface area (Å²) in [6.07, 6.45) is 3.48. The fourth-order valence-corrected chi connectivity index (χ4v) is 1.43. The number of nitrogens with zero attached hydrogens (tertiary/aromatic N) is 2. The third-order valence-corrected chi connectivity index (χ3v) is 2.26. The Hall–Kier alpha value is -2.01. The van der Waals surface area contributed by atoms with Gasteiger partial charge in [0.05, 0.1) is 26.0 Å². The van der Waals surface area contributed by atoms with E-state index in [0.29, 0.717) is 18.8 Å². The lowest BCUT2D eigenvalue weighted by Gasteiger charge is -2.03. The van der Waals surface area contributed by atoms with Gasteiger partial charge in [0.25, 0.3) is 0 Å². The van der Waals surface area contributed by atoms with E-state index in [9.17, 15) is 0 Å². The first-order valence-electron chi connectivity index (χ1n) is 5.36. The van der Waals surface area contributed by atoms with Crippen molar-refractivity contribution in [2.24, 2.45) is 5.73 Å². The molecule has 1 heterocycles. The maximum Gasteiger partial charge on any atom is 0.165 e. The van der Waals surface area contributed by atoms with E-state index in [1.807, 2.05) is 30.5 Å². The number of ether oxygens (including phenoxy) is 2. The molecule has 5 heteroatoms. The second-order valence-electron chi connectivity index (χ2n) is 3.51. The molecule has 5 nitrogen and oxygen atoms in total. The van der Waals surface area contributed by atoms with Crippen LogP contribution in [0.2, 0.25) is 0 Å². The van der Waals surface area contributed by atoms with Crippen molar-refractivity contribution in [1.29, 1.82) is 0 Å². The van der Waals surface area contributed by atoms with Gasteiger partial charge in [0, 0.05) is 6.54 Å². The number of methoxy groups -OCH3 is 1. The third-order valence-electron chi connectivity index (χ3n) is 2.26. The van der Waals surface area contributed by atoms with Crippen LogP contribution in [0, 0.1) is 0 Å². The fourth-order valence-electron chi connectivity index (χ4n) is 1.43. The second-order valence-corrected chi connectivity index (χ2v) is 3.51. The summed E-state index contributed by atoms with van der Waals surface area (Å²) in [6, 6.07) is 7.39. The van der Waals surface area contributed by atoms with Gasteiger partial charge in [0.15, 0.2) is 5.75 Å². The van der Waals surface area contributed by atoms with E-state index in [0.717, 1.165) is 11.5 Å². The molecular formula is C12H15N3O2. The van der Waals surface area contributed by atoms with Gasteiger partial charge in [0.1, 0.15) is 11.5 Å². The molecule has 0 spiro atoms. The molecule has 0 amide bonds. The van der Waals surface area contributed by atoms with Gasteiger partial charge in [-0.2, -0.15) is 5.10 Å². The van der Waals surface area contributed by atoms with Gasteiger partial charge in [-0.25, -0.2) is 0 Å². The quantitative estimate of drug-likeness (QED) is 0.852. The van der Waals surface area contributed by atoms with E-state index in [1.54, 1.807) is 18.0 Å². The Morgan fingerprint density at radius 2 is 1.88 bits per heavy atom. The van der Waals surface area contributed by atoms with Gasteiger partial charge in [-0.3, -0.25) is 4.68 Å². The third kappa shape index (κ3) is 2.98. The molecule has 0 saturated carbocycles. The smallest absolute Gasteiger partial charge is 0.165 e. The predicted octanol–water partition coefficient (Wildman–Crippen LogP) is 1.64. The van der Waals surface area contributed by atoms with Crippen molar-refractivity contribution in [1.82, 2.24) is 9.78 Å². The van der Waals surface area contributed by atoms with Crippen LogP contribution in [-0.4, -0.2) is 23.4 Å². The summed E-state index contributed by atoms with van der Waals surface area (Å²) in [5.41, 5.74) is 5.44. The molecule has 0 unspecified atom stereocenters. The van der Waals surface area contributed by atoms with Crippen molar-refractivity contribution in [3.8, 4) is 17.2 Å².